The summed E-state index contributed by atoms with van der Waals surface area (Å²) in [6, 6.07) is 11.0. The van der Waals surface area contributed by atoms with Gasteiger partial charge in [-0.05, 0) is 68.0 Å². The monoisotopic (exact) mass is 273 g/mol. The molecule has 2 fully saturated rings. The summed E-state index contributed by atoms with van der Waals surface area (Å²) >= 11 is 0. The van der Waals surface area contributed by atoms with Gasteiger partial charge in [0.1, 0.15) is 0 Å². The summed E-state index contributed by atoms with van der Waals surface area (Å²) in [4.78, 5) is 0. The van der Waals surface area contributed by atoms with Gasteiger partial charge in [0.25, 0.3) is 0 Å². The van der Waals surface area contributed by atoms with Crippen molar-refractivity contribution in [1.29, 1.82) is 0 Å². The van der Waals surface area contributed by atoms with E-state index in [0.717, 1.165) is 31.5 Å². The van der Waals surface area contributed by atoms with Crippen molar-refractivity contribution in [3.8, 4) is 0 Å². The number of hydrogen-bond acceptors (Lipinski definition) is 2. The number of nitrogens with one attached hydrogen (secondary N) is 1. The molecule has 1 heterocycles. The third kappa shape index (κ3) is 3.24. The molecule has 1 aliphatic carbocycles. The Hall–Kier alpha value is -0.860. The van der Waals surface area contributed by atoms with Crippen molar-refractivity contribution in [2.24, 2.45) is 11.3 Å². The Bertz CT molecular complexity index is 405. The maximum Gasteiger partial charge on any atom is 0.0519 e. The molecular weight excluding hydrogens is 246 g/mol. The highest BCUT2D eigenvalue weighted by molar-refractivity contribution is 5.25. The molecule has 0 spiro atoms. The lowest BCUT2D eigenvalue weighted by molar-refractivity contribution is 0.0442. The summed E-state index contributed by atoms with van der Waals surface area (Å²) < 4.78 is 5.52. The molecule has 0 amide bonds. The number of hydrogen-bond donors (Lipinski definition) is 1. The molecule has 0 aromatic heterocycles. The molecule has 110 valence electrons. The quantitative estimate of drug-likeness (QED) is 0.855. The molecule has 1 aromatic rings. The molecule has 3 rings (SSSR count). The van der Waals surface area contributed by atoms with Crippen molar-refractivity contribution >= 4 is 0 Å². The molecule has 0 radical (unpaired) electrons. The summed E-state index contributed by atoms with van der Waals surface area (Å²) in [6.07, 6.45) is 6.68. The van der Waals surface area contributed by atoms with Gasteiger partial charge in [-0.3, -0.25) is 0 Å². The highest BCUT2D eigenvalue weighted by Gasteiger charge is 2.40. The third-order valence-corrected chi connectivity index (χ3v) is 5.31. The Balaban J connectivity index is 1.52. The molecule has 1 saturated heterocycles. The van der Waals surface area contributed by atoms with Crippen LogP contribution in [0.15, 0.2) is 30.3 Å². The minimum atomic E-state index is 0.448. The maximum absolute atomic E-state index is 5.52. The van der Waals surface area contributed by atoms with Gasteiger partial charge in [-0.15, -0.1) is 0 Å². The zero-order valence-corrected chi connectivity index (χ0v) is 12.6. The molecule has 0 bridgehead atoms. The van der Waals surface area contributed by atoms with Gasteiger partial charge in [0.2, 0.25) is 0 Å². The van der Waals surface area contributed by atoms with Crippen molar-refractivity contribution in [1.82, 2.24) is 5.32 Å². The first kappa shape index (κ1) is 14.1. The summed E-state index contributed by atoms with van der Waals surface area (Å²) in [5, 5.41) is 3.48. The van der Waals surface area contributed by atoms with Crippen molar-refractivity contribution in [3.05, 3.63) is 35.9 Å². The van der Waals surface area contributed by atoms with Crippen LogP contribution in [0.2, 0.25) is 0 Å². The van der Waals surface area contributed by atoms with E-state index in [1.807, 2.05) is 7.11 Å². The van der Waals surface area contributed by atoms with E-state index in [9.17, 15) is 0 Å². The lowest BCUT2D eigenvalue weighted by Gasteiger charge is -2.37. The maximum atomic E-state index is 5.52. The molecule has 2 atom stereocenters. The summed E-state index contributed by atoms with van der Waals surface area (Å²) in [5.41, 5.74) is 1.99. The van der Waals surface area contributed by atoms with Gasteiger partial charge in [-0.25, -0.2) is 0 Å². The fourth-order valence-electron chi connectivity index (χ4n) is 3.90. The second-order valence-corrected chi connectivity index (χ2v) is 6.73. The molecule has 20 heavy (non-hydrogen) atoms. The van der Waals surface area contributed by atoms with E-state index in [1.54, 1.807) is 5.56 Å². The van der Waals surface area contributed by atoms with Crippen LogP contribution in [0.5, 0.6) is 0 Å². The van der Waals surface area contributed by atoms with E-state index >= 15 is 0 Å². The van der Waals surface area contributed by atoms with Gasteiger partial charge >= 0.3 is 0 Å². The Morgan fingerprint density at radius 1 is 1.20 bits per heavy atom. The third-order valence-electron chi connectivity index (χ3n) is 5.31. The average molecular weight is 273 g/mol. The molecule has 1 aliphatic heterocycles. The molecule has 1 unspecified atom stereocenters. The normalized spacial score (nSPS) is 28.2. The van der Waals surface area contributed by atoms with Crippen LogP contribution in [0.3, 0.4) is 0 Å². The topological polar surface area (TPSA) is 21.3 Å². The van der Waals surface area contributed by atoms with Crippen LogP contribution in [-0.2, 0) is 4.74 Å². The minimum Gasteiger partial charge on any atom is -0.384 e. The van der Waals surface area contributed by atoms with Gasteiger partial charge in [0, 0.05) is 7.11 Å². The minimum absolute atomic E-state index is 0.448. The van der Waals surface area contributed by atoms with Crippen LogP contribution < -0.4 is 5.32 Å². The van der Waals surface area contributed by atoms with E-state index in [0.29, 0.717) is 5.41 Å². The van der Waals surface area contributed by atoms with Crippen LogP contribution in [-0.4, -0.2) is 26.8 Å². The van der Waals surface area contributed by atoms with Gasteiger partial charge in [0.05, 0.1) is 6.61 Å². The van der Waals surface area contributed by atoms with E-state index in [-0.39, 0.29) is 0 Å². The Kier molecular flexibility index (Phi) is 4.42. The van der Waals surface area contributed by atoms with Crippen LogP contribution in [0.25, 0.3) is 0 Å². The number of methoxy groups -OCH3 is 1. The van der Waals surface area contributed by atoms with Gasteiger partial charge in [0.15, 0.2) is 0 Å². The first-order valence-electron chi connectivity index (χ1n) is 8.08. The Labute approximate surface area is 122 Å². The molecule has 2 heteroatoms. The van der Waals surface area contributed by atoms with E-state index in [2.05, 4.69) is 35.6 Å². The molecule has 2 nitrogen and oxygen atoms in total. The summed E-state index contributed by atoms with van der Waals surface area (Å²) in [7, 11) is 1.85. The van der Waals surface area contributed by atoms with Crippen molar-refractivity contribution in [2.75, 3.05) is 26.8 Å². The van der Waals surface area contributed by atoms with Gasteiger partial charge < -0.3 is 10.1 Å². The second-order valence-electron chi connectivity index (χ2n) is 6.73. The number of piperidine rings is 1. The highest BCUT2D eigenvalue weighted by Crippen LogP contribution is 2.52. The first-order chi connectivity index (χ1) is 9.83. The number of ether oxygens (including phenoxy) is 1. The molecule has 1 N–H and O–H groups in total. The van der Waals surface area contributed by atoms with Crippen molar-refractivity contribution in [3.63, 3.8) is 0 Å². The predicted molar refractivity (Wildman–Crippen MR) is 82.9 cm³/mol. The van der Waals surface area contributed by atoms with E-state index < -0.39 is 0 Å². The van der Waals surface area contributed by atoms with Gasteiger partial charge in [-0.1, -0.05) is 30.3 Å². The Morgan fingerprint density at radius 3 is 2.65 bits per heavy atom. The second kappa shape index (κ2) is 6.28. The standard InChI is InChI=1S/C18H27NO/c1-20-14-18(9-11-19-12-10-18)8-7-16-13-17(16)15-5-3-2-4-6-15/h2-6,16-17,19H,7-14H2,1H3/t16-,17?/m1/s1. The van der Waals surface area contributed by atoms with Crippen LogP contribution >= 0.6 is 0 Å². The average Bonchev–Trinajstić information content (AvgIpc) is 3.27. The van der Waals surface area contributed by atoms with Crippen molar-refractivity contribution < 1.29 is 4.74 Å². The molecule has 2 aliphatic rings. The van der Waals surface area contributed by atoms with E-state index in [4.69, 9.17) is 4.74 Å². The fourth-order valence-corrected chi connectivity index (χ4v) is 3.90. The van der Waals surface area contributed by atoms with Crippen molar-refractivity contribution in [2.45, 2.75) is 38.0 Å². The number of rotatable bonds is 6. The Morgan fingerprint density at radius 2 is 1.95 bits per heavy atom. The molecule has 1 saturated carbocycles. The molecular formula is C18H27NO. The summed E-state index contributed by atoms with van der Waals surface area (Å²) in [5.74, 6) is 1.75. The lowest BCUT2D eigenvalue weighted by Crippen LogP contribution is -2.39. The predicted octanol–water partition coefficient (Wildman–Crippen LogP) is 3.59. The van der Waals surface area contributed by atoms with Gasteiger partial charge in [-0.2, -0.15) is 0 Å². The zero-order chi connectivity index (χ0) is 13.8. The largest absolute Gasteiger partial charge is 0.384 e. The zero-order valence-electron chi connectivity index (χ0n) is 12.6. The molecule has 1 aromatic carbocycles. The smallest absolute Gasteiger partial charge is 0.0519 e. The summed E-state index contributed by atoms with van der Waals surface area (Å²) in [6.45, 7) is 3.27. The van der Waals surface area contributed by atoms with Crippen LogP contribution in [0, 0.1) is 11.3 Å². The van der Waals surface area contributed by atoms with Crippen LogP contribution in [0.4, 0.5) is 0 Å². The van der Waals surface area contributed by atoms with Crippen LogP contribution in [0.1, 0.15) is 43.6 Å². The highest BCUT2D eigenvalue weighted by atomic mass is 16.5. The first-order valence-corrected chi connectivity index (χ1v) is 8.08. The lowest BCUT2D eigenvalue weighted by atomic mass is 9.75. The number of benzene rings is 1. The SMILES string of the molecule is COCC1(CC[C@@H]2CC2c2ccccc2)CCNCC1. The van der Waals surface area contributed by atoms with E-state index in [1.165, 1.54) is 32.1 Å². The fraction of sp³-hybridized carbons (Fsp3) is 0.667.